The van der Waals surface area contributed by atoms with Crippen molar-refractivity contribution in [1.29, 1.82) is 0 Å². The van der Waals surface area contributed by atoms with Crippen molar-refractivity contribution >= 4 is 16.8 Å². The van der Waals surface area contributed by atoms with Crippen molar-refractivity contribution in [1.82, 2.24) is 9.88 Å². The predicted octanol–water partition coefficient (Wildman–Crippen LogP) is 3.03. The molecule has 0 saturated carbocycles. The van der Waals surface area contributed by atoms with E-state index in [0.717, 1.165) is 41.7 Å². The van der Waals surface area contributed by atoms with Crippen molar-refractivity contribution in [3.05, 3.63) is 24.1 Å². The lowest BCUT2D eigenvalue weighted by Crippen LogP contribution is -2.40. The number of nitrogens with zero attached hydrogens (tertiary/aromatic N) is 2. The Balaban J connectivity index is 1.80. The minimum atomic E-state index is 0.608. The third-order valence-electron chi connectivity index (χ3n) is 4.04. The molecule has 102 valence electrons. The van der Waals surface area contributed by atoms with Gasteiger partial charge in [-0.2, -0.15) is 0 Å². The summed E-state index contributed by atoms with van der Waals surface area (Å²) in [6, 6.07) is 6.23. The summed E-state index contributed by atoms with van der Waals surface area (Å²) in [5.41, 5.74) is 8.15. The van der Waals surface area contributed by atoms with Crippen molar-refractivity contribution < 1.29 is 4.42 Å². The first-order valence-electron chi connectivity index (χ1n) is 7.01. The van der Waals surface area contributed by atoms with Crippen molar-refractivity contribution in [3.63, 3.8) is 0 Å². The van der Waals surface area contributed by atoms with E-state index in [4.69, 9.17) is 10.2 Å². The predicted molar refractivity (Wildman–Crippen MR) is 76.7 cm³/mol. The molecule has 1 aliphatic rings. The second-order valence-corrected chi connectivity index (χ2v) is 5.80. The highest BCUT2D eigenvalue weighted by Crippen LogP contribution is 2.25. The Morgan fingerprint density at radius 1 is 1.37 bits per heavy atom. The Kier molecular flexibility index (Phi) is 3.19. The largest absolute Gasteiger partial charge is 0.439 e. The van der Waals surface area contributed by atoms with E-state index in [1.807, 2.05) is 18.2 Å². The normalized spacial score (nSPS) is 24.9. The molecular formula is C15H21N3O. The van der Waals surface area contributed by atoms with Gasteiger partial charge in [-0.1, -0.05) is 6.92 Å². The Bertz CT molecular complexity index is 578. The number of hydrogen-bond donors (Lipinski definition) is 1. The molecule has 4 heteroatoms. The topological polar surface area (TPSA) is 55.3 Å². The summed E-state index contributed by atoms with van der Waals surface area (Å²) >= 11 is 0. The number of nitrogen functional groups attached to an aromatic ring is 1. The van der Waals surface area contributed by atoms with E-state index >= 15 is 0 Å². The molecule has 1 fully saturated rings. The van der Waals surface area contributed by atoms with Crippen LogP contribution in [0.1, 0.15) is 32.6 Å². The van der Waals surface area contributed by atoms with E-state index in [2.05, 4.69) is 23.7 Å². The van der Waals surface area contributed by atoms with Gasteiger partial charge in [0.05, 0.1) is 6.54 Å². The van der Waals surface area contributed by atoms with Crippen LogP contribution in [-0.4, -0.2) is 22.5 Å². The lowest BCUT2D eigenvalue weighted by atomic mass is 9.95. The van der Waals surface area contributed by atoms with Crippen LogP contribution in [0.15, 0.2) is 22.6 Å². The highest BCUT2D eigenvalue weighted by Gasteiger charge is 2.24. The average Bonchev–Trinajstić information content (AvgIpc) is 2.75. The average molecular weight is 259 g/mol. The van der Waals surface area contributed by atoms with Gasteiger partial charge >= 0.3 is 0 Å². The first-order valence-corrected chi connectivity index (χ1v) is 7.01. The van der Waals surface area contributed by atoms with Crippen LogP contribution in [0, 0.1) is 5.92 Å². The van der Waals surface area contributed by atoms with Crippen LogP contribution in [-0.2, 0) is 6.54 Å². The molecule has 3 rings (SSSR count). The van der Waals surface area contributed by atoms with Crippen molar-refractivity contribution in [2.24, 2.45) is 5.92 Å². The molecule has 2 aromatic rings. The van der Waals surface area contributed by atoms with Gasteiger partial charge in [0.25, 0.3) is 0 Å². The van der Waals surface area contributed by atoms with E-state index < -0.39 is 0 Å². The smallest absolute Gasteiger partial charge is 0.209 e. The Hall–Kier alpha value is -1.55. The molecule has 2 heterocycles. The highest BCUT2D eigenvalue weighted by molar-refractivity contribution is 5.76. The van der Waals surface area contributed by atoms with Crippen LogP contribution in [0.2, 0.25) is 0 Å². The minimum Gasteiger partial charge on any atom is -0.439 e. The Labute approximate surface area is 113 Å². The first kappa shape index (κ1) is 12.5. The van der Waals surface area contributed by atoms with Crippen LogP contribution < -0.4 is 5.73 Å². The molecule has 1 saturated heterocycles. The molecule has 0 aliphatic carbocycles. The number of piperidine rings is 1. The van der Waals surface area contributed by atoms with E-state index in [9.17, 15) is 0 Å². The van der Waals surface area contributed by atoms with Gasteiger partial charge in [-0.25, -0.2) is 4.98 Å². The molecule has 4 nitrogen and oxygen atoms in total. The summed E-state index contributed by atoms with van der Waals surface area (Å²) in [7, 11) is 0. The van der Waals surface area contributed by atoms with E-state index in [0.29, 0.717) is 6.04 Å². The zero-order valence-electron chi connectivity index (χ0n) is 11.6. The number of anilines is 1. The summed E-state index contributed by atoms with van der Waals surface area (Å²) in [6.07, 6.45) is 2.58. The van der Waals surface area contributed by atoms with Crippen LogP contribution >= 0.6 is 0 Å². The monoisotopic (exact) mass is 259 g/mol. The number of hydrogen-bond acceptors (Lipinski definition) is 4. The molecule has 0 bridgehead atoms. The van der Waals surface area contributed by atoms with Gasteiger partial charge in [-0.15, -0.1) is 0 Å². The summed E-state index contributed by atoms with van der Waals surface area (Å²) in [4.78, 5) is 7.00. The second-order valence-electron chi connectivity index (χ2n) is 5.80. The molecule has 2 atom stereocenters. The van der Waals surface area contributed by atoms with E-state index in [1.165, 1.54) is 12.8 Å². The summed E-state index contributed by atoms with van der Waals surface area (Å²) in [6.45, 7) is 6.51. The number of fused-ring (bicyclic) bond motifs is 1. The Morgan fingerprint density at radius 2 is 2.21 bits per heavy atom. The fraction of sp³-hybridized carbons (Fsp3) is 0.533. The molecule has 2 unspecified atom stereocenters. The van der Waals surface area contributed by atoms with Gasteiger partial charge in [0.2, 0.25) is 5.89 Å². The first-order chi connectivity index (χ1) is 9.11. The third kappa shape index (κ3) is 2.59. The molecular weight excluding hydrogens is 238 g/mol. The van der Waals surface area contributed by atoms with Gasteiger partial charge in [0, 0.05) is 24.3 Å². The van der Waals surface area contributed by atoms with Crippen molar-refractivity contribution in [3.8, 4) is 0 Å². The van der Waals surface area contributed by atoms with Gasteiger partial charge < -0.3 is 10.2 Å². The number of nitrogens with two attached hydrogens (primary N) is 1. The standard InChI is InChI=1S/C15H21N3O/c1-10-3-4-11(2)18(8-10)9-15-17-13-6-5-12(16)7-14(13)19-15/h5-7,10-11H,3-4,8-9,16H2,1-2H3. The Morgan fingerprint density at radius 3 is 3.05 bits per heavy atom. The number of aromatic nitrogens is 1. The second kappa shape index (κ2) is 4.85. The maximum absolute atomic E-state index is 5.80. The highest BCUT2D eigenvalue weighted by atomic mass is 16.3. The molecule has 1 aromatic heterocycles. The minimum absolute atomic E-state index is 0.608. The van der Waals surface area contributed by atoms with E-state index in [1.54, 1.807) is 0 Å². The van der Waals surface area contributed by atoms with Crippen molar-refractivity contribution in [2.75, 3.05) is 12.3 Å². The number of rotatable bonds is 2. The summed E-state index contributed by atoms with van der Waals surface area (Å²) in [5, 5.41) is 0. The fourth-order valence-electron chi connectivity index (χ4n) is 2.83. The maximum atomic E-state index is 5.80. The fourth-order valence-corrected chi connectivity index (χ4v) is 2.83. The SMILES string of the molecule is CC1CCC(C)N(Cc2nc3ccc(N)cc3o2)C1. The molecule has 1 aromatic carbocycles. The van der Waals surface area contributed by atoms with Gasteiger partial charge in [0.1, 0.15) is 5.52 Å². The molecule has 0 radical (unpaired) electrons. The third-order valence-corrected chi connectivity index (χ3v) is 4.04. The molecule has 19 heavy (non-hydrogen) atoms. The zero-order chi connectivity index (χ0) is 13.4. The quantitative estimate of drug-likeness (QED) is 0.842. The lowest BCUT2D eigenvalue weighted by molar-refractivity contribution is 0.107. The molecule has 0 spiro atoms. The van der Waals surface area contributed by atoms with Crippen LogP contribution in [0.5, 0.6) is 0 Å². The summed E-state index contributed by atoms with van der Waals surface area (Å²) in [5.74, 6) is 1.55. The molecule has 0 amide bonds. The van der Waals surface area contributed by atoms with Gasteiger partial charge in [-0.05, 0) is 37.8 Å². The van der Waals surface area contributed by atoms with Gasteiger partial charge in [-0.3, -0.25) is 4.90 Å². The van der Waals surface area contributed by atoms with Crippen LogP contribution in [0.4, 0.5) is 5.69 Å². The molecule has 2 N–H and O–H groups in total. The maximum Gasteiger partial charge on any atom is 0.209 e. The van der Waals surface area contributed by atoms with Gasteiger partial charge in [0.15, 0.2) is 5.58 Å². The number of oxazole rings is 1. The van der Waals surface area contributed by atoms with E-state index in [-0.39, 0.29) is 0 Å². The van der Waals surface area contributed by atoms with Crippen molar-refractivity contribution in [2.45, 2.75) is 39.3 Å². The lowest BCUT2D eigenvalue weighted by Gasteiger charge is -2.35. The number of benzene rings is 1. The number of likely N-dealkylation sites (tertiary alicyclic amines) is 1. The summed E-state index contributed by atoms with van der Waals surface area (Å²) < 4.78 is 5.80. The zero-order valence-corrected chi connectivity index (χ0v) is 11.6. The molecule has 1 aliphatic heterocycles. The van der Waals surface area contributed by atoms with Crippen LogP contribution in [0.3, 0.4) is 0 Å². The van der Waals surface area contributed by atoms with Crippen LogP contribution in [0.25, 0.3) is 11.1 Å².